The molecule has 0 aliphatic carbocycles. The number of likely N-dealkylation sites (tertiary alicyclic amines) is 1. The predicted molar refractivity (Wildman–Crippen MR) is 96.4 cm³/mol. The van der Waals surface area contributed by atoms with Crippen LogP contribution in [0.3, 0.4) is 0 Å². The SMILES string of the molecule is Cc1cc(C)n(CC(=O)N2CCCC(N(C)Cc3noc(C)n3)CC2)n1. The van der Waals surface area contributed by atoms with Crippen LogP contribution in [0.1, 0.15) is 42.4 Å². The summed E-state index contributed by atoms with van der Waals surface area (Å²) in [4.78, 5) is 21.2. The van der Waals surface area contributed by atoms with E-state index in [1.54, 1.807) is 11.6 Å². The molecule has 1 unspecified atom stereocenters. The first-order chi connectivity index (χ1) is 12.4. The van der Waals surface area contributed by atoms with Crippen molar-refractivity contribution in [2.75, 3.05) is 20.1 Å². The largest absolute Gasteiger partial charge is 0.341 e. The van der Waals surface area contributed by atoms with Gasteiger partial charge >= 0.3 is 0 Å². The van der Waals surface area contributed by atoms with Gasteiger partial charge < -0.3 is 9.42 Å². The first-order valence-corrected chi connectivity index (χ1v) is 9.20. The van der Waals surface area contributed by atoms with Crippen molar-refractivity contribution >= 4 is 5.91 Å². The molecule has 1 fully saturated rings. The van der Waals surface area contributed by atoms with Crippen molar-refractivity contribution in [3.63, 3.8) is 0 Å². The monoisotopic (exact) mass is 360 g/mol. The molecule has 2 aromatic heterocycles. The maximum absolute atomic E-state index is 12.7. The molecule has 3 heterocycles. The molecule has 2 aromatic rings. The van der Waals surface area contributed by atoms with Crippen LogP contribution in [0.4, 0.5) is 0 Å². The molecular formula is C18H28N6O2. The lowest BCUT2D eigenvalue weighted by Crippen LogP contribution is -2.36. The van der Waals surface area contributed by atoms with E-state index in [9.17, 15) is 4.79 Å². The average molecular weight is 360 g/mol. The summed E-state index contributed by atoms with van der Waals surface area (Å²) in [6.07, 6.45) is 3.02. The molecule has 1 saturated heterocycles. The highest BCUT2D eigenvalue weighted by Crippen LogP contribution is 2.18. The van der Waals surface area contributed by atoms with Gasteiger partial charge in [0.25, 0.3) is 0 Å². The number of amides is 1. The molecule has 0 radical (unpaired) electrons. The Bertz CT molecular complexity index is 753. The van der Waals surface area contributed by atoms with Crippen molar-refractivity contribution in [1.82, 2.24) is 29.7 Å². The van der Waals surface area contributed by atoms with E-state index in [4.69, 9.17) is 4.52 Å². The van der Waals surface area contributed by atoms with Gasteiger partial charge in [-0.05, 0) is 46.2 Å². The third kappa shape index (κ3) is 4.49. The molecule has 26 heavy (non-hydrogen) atoms. The van der Waals surface area contributed by atoms with Crippen LogP contribution in [0, 0.1) is 20.8 Å². The highest BCUT2D eigenvalue weighted by atomic mass is 16.5. The molecule has 8 nitrogen and oxygen atoms in total. The van der Waals surface area contributed by atoms with Gasteiger partial charge in [0, 0.05) is 31.7 Å². The second-order valence-electron chi connectivity index (χ2n) is 7.20. The fourth-order valence-electron chi connectivity index (χ4n) is 3.59. The number of carbonyl (C=O) groups excluding carboxylic acids is 1. The lowest BCUT2D eigenvalue weighted by atomic mass is 10.1. The fraction of sp³-hybridized carbons (Fsp3) is 0.667. The molecule has 1 amide bonds. The van der Waals surface area contributed by atoms with Gasteiger partial charge in [0.15, 0.2) is 5.82 Å². The van der Waals surface area contributed by atoms with Gasteiger partial charge in [-0.25, -0.2) is 0 Å². The molecule has 1 aliphatic heterocycles. The molecule has 1 aliphatic rings. The minimum absolute atomic E-state index is 0.147. The summed E-state index contributed by atoms with van der Waals surface area (Å²) >= 11 is 0. The Kier molecular flexibility index (Phi) is 5.70. The van der Waals surface area contributed by atoms with Crippen LogP contribution in [0.25, 0.3) is 0 Å². The Morgan fingerprint density at radius 3 is 2.77 bits per heavy atom. The maximum Gasteiger partial charge on any atom is 0.244 e. The number of carbonyl (C=O) groups is 1. The molecule has 0 saturated carbocycles. The van der Waals surface area contributed by atoms with E-state index in [0.29, 0.717) is 30.8 Å². The number of aromatic nitrogens is 4. The lowest BCUT2D eigenvalue weighted by Gasteiger charge is -2.26. The Hall–Kier alpha value is -2.22. The molecule has 0 aromatic carbocycles. The molecule has 142 valence electrons. The van der Waals surface area contributed by atoms with Gasteiger partial charge in [-0.2, -0.15) is 10.1 Å². The summed E-state index contributed by atoms with van der Waals surface area (Å²) in [6.45, 7) is 8.31. The second-order valence-corrected chi connectivity index (χ2v) is 7.20. The van der Waals surface area contributed by atoms with Crippen molar-refractivity contribution in [3.8, 4) is 0 Å². The highest BCUT2D eigenvalue weighted by Gasteiger charge is 2.24. The van der Waals surface area contributed by atoms with Crippen molar-refractivity contribution in [3.05, 3.63) is 29.2 Å². The maximum atomic E-state index is 12.7. The average Bonchev–Trinajstić information content (AvgIpc) is 3.02. The zero-order chi connectivity index (χ0) is 18.7. The van der Waals surface area contributed by atoms with E-state index in [-0.39, 0.29) is 5.91 Å². The number of hydrogen-bond acceptors (Lipinski definition) is 6. The van der Waals surface area contributed by atoms with Gasteiger partial charge in [0.1, 0.15) is 6.54 Å². The number of aryl methyl sites for hydroxylation is 3. The zero-order valence-corrected chi connectivity index (χ0v) is 16.1. The van der Waals surface area contributed by atoms with Gasteiger partial charge in [0.05, 0.1) is 12.2 Å². The standard InChI is InChI=1S/C18H28N6O2/c1-13-10-14(2)24(20-13)12-18(25)23-8-5-6-16(7-9-23)22(4)11-17-19-15(3)26-21-17/h10,16H,5-9,11-12H2,1-4H3. The smallest absolute Gasteiger partial charge is 0.244 e. The fourth-order valence-corrected chi connectivity index (χ4v) is 3.59. The zero-order valence-electron chi connectivity index (χ0n) is 16.1. The second kappa shape index (κ2) is 7.99. The van der Waals surface area contributed by atoms with Gasteiger partial charge in [-0.3, -0.25) is 14.4 Å². The third-order valence-corrected chi connectivity index (χ3v) is 5.02. The van der Waals surface area contributed by atoms with E-state index < -0.39 is 0 Å². The van der Waals surface area contributed by atoms with Crippen molar-refractivity contribution in [2.24, 2.45) is 0 Å². The molecule has 8 heteroatoms. The molecular weight excluding hydrogens is 332 g/mol. The summed E-state index contributed by atoms with van der Waals surface area (Å²) in [5, 5.41) is 8.37. The summed E-state index contributed by atoms with van der Waals surface area (Å²) in [6, 6.07) is 2.42. The summed E-state index contributed by atoms with van der Waals surface area (Å²) in [7, 11) is 2.09. The molecule has 0 N–H and O–H groups in total. The molecule has 0 spiro atoms. The van der Waals surface area contributed by atoms with Crippen LogP contribution in [-0.2, 0) is 17.9 Å². The van der Waals surface area contributed by atoms with Crippen LogP contribution in [-0.4, -0.2) is 61.8 Å². The van der Waals surface area contributed by atoms with Crippen LogP contribution < -0.4 is 0 Å². The van der Waals surface area contributed by atoms with Crippen LogP contribution in [0.5, 0.6) is 0 Å². The Morgan fingerprint density at radius 2 is 2.12 bits per heavy atom. The summed E-state index contributed by atoms with van der Waals surface area (Å²) < 4.78 is 6.84. The van der Waals surface area contributed by atoms with Crippen LogP contribution >= 0.6 is 0 Å². The minimum atomic E-state index is 0.147. The molecule has 1 atom stereocenters. The van der Waals surface area contributed by atoms with E-state index in [1.165, 1.54) is 0 Å². The Morgan fingerprint density at radius 1 is 1.31 bits per heavy atom. The van der Waals surface area contributed by atoms with E-state index in [2.05, 4.69) is 27.2 Å². The normalized spacial score (nSPS) is 18.3. The topological polar surface area (TPSA) is 80.3 Å². The molecule has 0 bridgehead atoms. The Labute approximate surface area is 154 Å². The number of nitrogens with zero attached hydrogens (tertiary/aromatic N) is 6. The highest BCUT2D eigenvalue weighted by molar-refractivity contribution is 5.76. The first-order valence-electron chi connectivity index (χ1n) is 9.20. The Balaban J connectivity index is 1.53. The third-order valence-electron chi connectivity index (χ3n) is 5.02. The predicted octanol–water partition coefficient (Wildman–Crippen LogP) is 1.70. The first kappa shape index (κ1) is 18.6. The summed E-state index contributed by atoms with van der Waals surface area (Å²) in [5.74, 6) is 1.45. The van der Waals surface area contributed by atoms with Crippen LogP contribution in [0.15, 0.2) is 10.6 Å². The van der Waals surface area contributed by atoms with Gasteiger partial charge in [-0.15, -0.1) is 0 Å². The number of hydrogen-bond donors (Lipinski definition) is 0. The van der Waals surface area contributed by atoms with Crippen molar-refractivity contribution in [1.29, 1.82) is 0 Å². The van der Waals surface area contributed by atoms with E-state index >= 15 is 0 Å². The van der Waals surface area contributed by atoms with E-state index in [0.717, 1.165) is 43.7 Å². The van der Waals surface area contributed by atoms with Crippen LogP contribution in [0.2, 0.25) is 0 Å². The van der Waals surface area contributed by atoms with Gasteiger partial charge in [0.2, 0.25) is 11.8 Å². The van der Waals surface area contributed by atoms with Gasteiger partial charge in [-0.1, -0.05) is 5.16 Å². The molecule has 3 rings (SSSR count). The minimum Gasteiger partial charge on any atom is -0.341 e. The lowest BCUT2D eigenvalue weighted by molar-refractivity contribution is -0.132. The van der Waals surface area contributed by atoms with Crippen molar-refractivity contribution < 1.29 is 9.32 Å². The van der Waals surface area contributed by atoms with Crippen molar-refractivity contribution in [2.45, 2.75) is 59.2 Å². The quantitative estimate of drug-likeness (QED) is 0.807. The summed E-state index contributed by atoms with van der Waals surface area (Å²) in [5.41, 5.74) is 1.98. The number of rotatable bonds is 5. The van der Waals surface area contributed by atoms with E-state index in [1.807, 2.05) is 24.8 Å².